The highest BCUT2D eigenvalue weighted by molar-refractivity contribution is 5.69. The lowest BCUT2D eigenvalue weighted by Gasteiger charge is -2.05. The highest BCUT2D eigenvalue weighted by Crippen LogP contribution is 2.31. The summed E-state index contributed by atoms with van der Waals surface area (Å²) in [6.45, 7) is 3.77. The second kappa shape index (κ2) is 5.17. The van der Waals surface area contributed by atoms with E-state index in [1.807, 2.05) is 0 Å². The van der Waals surface area contributed by atoms with Gasteiger partial charge in [0.15, 0.2) is 0 Å². The van der Waals surface area contributed by atoms with E-state index in [1.54, 1.807) is 0 Å². The van der Waals surface area contributed by atoms with Crippen molar-refractivity contribution in [1.82, 2.24) is 9.78 Å². The summed E-state index contributed by atoms with van der Waals surface area (Å²) in [5.74, 6) is 0. The van der Waals surface area contributed by atoms with Gasteiger partial charge in [-0.1, -0.05) is 37.6 Å². The molecular weight excluding hydrogens is 234 g/mol. The largest absolute Gasteiger partial charge is 0.325 e. The first-order valence-electron chi connectivity index (χ1n) is 7.21. The Labute approximate surface area is 114 Å². The van der Waals surface area contributed by atoms with E-state index in [2.05, 4.69) is 41.0 Å². The predicted octanol–water partition coefficient (Wildman–Crippen LogP) is 2.91. The van der Waals surface area contributed by atoms with Gasteiger partial charge >= 0.3 is 0 Å². The van der Waals surface area contributed by atoms with E-state index in [0.717, 1.165) is 25.1 Å². The fraction of sp³-hybridized carbons (Fsp3) is 0.438. The second-order valence-corrected chi connectivity index (χ2v) is 5.25. The van der Waals surface area contributed by atoms with Gasteiger partial charge in [0.1, 0.15) is 0 Å². The molecule has 1 aliphatic rings. The van der Waals surface area contributed by atoms with Crippen molar-refractivity contribution >= 4 is 0 Å². The van der Waals surface area contributed by atoms with Crippen LogP contribution in [0.3, 0.4) is 0 Å². The Morgan fingerprint density at radius 2 is 2.05 bits per heavy atom. The van der Waals surface area contributed by atoms with E-state index < -0.39 is 0 Å². The Morgan fingerprint density at radius 3 is 2.74 bits per heavy atom. The van der Waals surface area contributed by atoms with Crippen LogP contribution in [0.2, 0.25) is 0 Å². The van der Waals surface area contributed by atoms with Gasteiger partial charge in [-0.05, 0) is 30.4 Å². The SMILES string of the molecule is CCCc1ccc(-c2c(CN)nn3c2CCC3)cc1. The fourth-order valence-electron chi connectivity index (χ4n) is 2.99. The minimum absolute atomic E-state index is 0.520. The Balaban J connectivity index is 2.01. The van der Waals surface area contributed by atoms with Crippen LogP contribution in [0.5, 0.6) is 0 Å². The maximum Gasteiger partial charge on any atom is 0.0841 e. The van der Waals surface area contributed by atoms with E-state index in [-0.39, 0.29) is 0 Å². The van der Waals surface area contributed by atoms with Crippen LogP contribution in [0.15, 0.2) is 24.3 Å². The van der Waals surface area contributed by atoms with Gasteiger partial charge in [0.25, 0.3) is 0 Å². The zero-order chi connectivity index (χ0) is 13.2. The molecule has 3 rings (SSSR count). The number of aromatic nitrogens is 2. The summed E-state index contributed by atoms with van der Waals surface area (Å²) in [4.78, 5) is 0. The van der Waals surface area contributed by atoms with Gasteiger partial charge < -0.3 is 5.73 Å². The van der Waals surface area contributed by atoms with Crippen LogP contribution in [0.1, 0.15) is 36.7 Å². The Morgan fingerprint density at radius 1 is 1.26 bits per heavy atom. The van der Waals surface area contributed by atoms with Gasteiger partial charge in [0, 0.05) is 24.3 Å². The molecule has 1 aromatic carbocycles. The van der Waals surface area contributed by atoms with E-state index in [0.29, 0.717) is 6.54 Å². The maximum atomic E-state index is 5.85. The van der Waals surface area contributed by atoms with Gasteiger partial charge in [-0.2, -0.15) is 5.10 Å². The summed E-state index contributed by atoms with van der Waals surface area (Å²) in [5, 5.41) is 4.64. The number of hydrogen-bond donors (Lipinski definition) is 1. The molecule has 2 N–H and O–H groups in total. The van der Waals surface area contributed by atoms with E-state index in [9.17, 15) is 0 Å². The number of hydrogen-bond acceptors (Lipinski definition) is 2. The molecule has 0 unspecified atom stereocenters. The van der Waals surface area contributed by atoms with Crippen LogP contribution in [0.25, 0.3) is 11.1 Å². The molecule has 0 amide bonds. The molecular formula is C16H21N3. The molecule has 3 heteroatoms. The number of benzene rings is 1. The third-order valence-corrected chi connectivity index (χ3v) is 3.89. The van der Waals surface area contributed by atoms with E-state index in [1.165, 1.54) is 35.2 Å². The summed E-state index contributed by atoms with van der Waals surface area (Å²) < 4.78 is 2.14. The van der Waals surface area contributed by atoms with Crippen molar-refractivity contribution in [1.29, 1.82) is 0 Å². The van der Waals surface area contributed by atoms with Crippen LogP contribution in [-0.4, -0.2) is 9.78 Å². The second-order valence-electron chi connectivity index (χ2n) is 5.25. The summed E-state index contributed by atoms with van der Waals surface area (Å²) in [5.41, 5.74) is 12.2. The standard InChI is InChI=1S/C16H21N3/c1-2-4-12-6-8-13(9-7-12)16-14(11-17)18-19-10-3-5-15(16)19/h6-9H,2-5,10-11,17H2,1H3. The van der Waals surface area contributed by atoms with Gasteiger partial charge in [0.05, 0.1) is 5.69 Å². The first kappa shape index (κ1) is 12.4. The van der Waals surface area contributed by atoms with E-state index in [4.69, 9.17) is 5.73 Å². The summed E-state index contributed by atoms with van der Waals surface area (Å²) in [7, 11) is 0. The minimum Gasteiger partial charge on any atom is -0.325 e. The molecule has 19 heavy (non-hydrogen) atoms. The average molecular weight is 255 g/mol. The third kappa shape index (κ3) is 2.19. The number of aryl methyl sites for hydroxylation is 2. The van der Waals surface area contributed by atoms with Crippen molar-refractivity contribution in [2.45, 2.75) is 45.7 Å². The predicted molar refractivity (Wildman–Crippen MR) is 77.9 cm³/mol. The van der Waals surface area contributed by atoms with Crippen molar-refractivity contribution < 1.29 is 0 Å². The minimum atomic E-state index is 0.520. The zero-order valence-corrected chi connectivity index (χ0v) is 11.5. The molecule has 100 valence electrons. The van der Waals surface area contributed by atoms with E-state index >= 15 is 0 Å². The molecule has 0 radical (unpaired) electrons. The molecule has 0 saturated heterocycles. The molecule has 0 aliphatic carbocycles. The van der Waals surface area contributed by atoms with Crippen molar-refractivity contribution in [2.75, 3.05) is 0 Å². The lowest BCUT2D eigenvalue weighted by molar-refractivity contribution is 0.644. The summed E-state index contributed by atoms with van der Waals surface area (Å²) >= 11 is 0. The average Bonchev–Trinajstić information content (AvgIpc) is 3.00. The molecule has 1 aliphatic heterocycles. The number of nitrogens with zero attached hydrogens (tertiary/aromatic N) is 2. The van der Waals surface area contributed by atoms with Crippen LogP contribution in [-0.2, 0) is 25.9 Å². The lowest BCUT2D eigenvalue weighted by atomic mass is 9.99. The number of rotatable bonds is 4. The van der Waals surface area contributed by atoms with Crippen LogP contribution < -0.4 is 5.73 Å². The van der Waals surface area contributed by atoms with Gasteiger partial charge in [-0.3, -0.25) is 4.68 Å². The fourth-order valence-corrected chi connectivity index (χ4v) is 2.99. The van der Waals surface area contributed by atoms with Gasteiger partial charge in [-0.25, -0.2) is 0 Å². The summed E-state index contributed by atoms with van der Waals surface area (Å²) in [6.07, 6.45) is 4.67. The summed E-state index contributed by atoms with van der Waals surface area (Å²) in [6, 6.07) is 8.91. The molecule has 2 heterocycles. The van der Waals surface area contributed by atoms with Gasteiger partial charge in [-0.15, -0.1) is 0 Å². The van der Waals surface area contributed by atoms with Crippen LogP contribution in [0, 0.1) is 0 Å². The van der Waals surface area contributed by atoms with Crippen molar-refractivity contribution in [3.63, 3.8) is 0 Å². The molecule has 0 atom stereocenters. The Kier molecular flexibility index (Phi) is 3.38. The monoisotopic (exact) mass is 255 g/mol. The van der Waals surface area contributed by atoms with Crippen molar-refractivity contribution in [3.05, 3.63) is 41.2 Å². The van der Waals surface area contributed by atoms with Crippen LogP contribution in [0.4, 0.5) is 0 Å². The third-order valence-electron chi connectivity index (χ3n) is 3.89. The quantitative estimate of drug-likeness (QED) is 0.913. The highest BCUT2D eigenvalue weighted by atomic mass is 15.3. The van der Waals surface area contributed by atoms with Crippen LogP contribution >= 0.6 is 0 Å². The topological polar surface area (TPSA) is 43.8 Å². The number of fused-ring (bicyclic) bond motifs is 1. The molecule has 1 aromatic heterocycles. The highest BCUT2D eigenvalue weighted by Gasteiger charge is 2.21. The first-order valence-corrected chi connectivity index (χ1v) is 7.21. The van der Waals surface area contributed by atoms with Crippen molar-refractivity contribution in [3.8, 4) is 11.1 Å². The molecule has 3 nitrogen and oxygen atoms in total. The Hall–Kier alpha value is -1.61. The molecule has 0 bridgehead atoms. The smallest absolute Gasteiger partial charge is 0.0841 e. The normalized spacial score (nSPS) is 13.8. The number of nitrogens with two attached hydrogens (primary N) is 1. The maximum absolute atomic E-state index is 5.85. The lowest BCUT2D eigenvalue weighted by Crippen LogP contribution is -2.01. The first-order chi connectivity index (χ1) is 9.33. The zero-order valence-electron chi connectivity index (χ0n) is 11.5. The van der Waals surface area contributed by atoms with Crippen molar-refractivity contribution in [2.24, 2.45) is 5.73 Å². The Bertz CT molecular complexity index is 566. The molecule has 0 fully saturated rings. The molecule has 0 saturated carbocycles. The van der Waals surface area contributed by atoms with Gasteiger partial charge in [0.2, 0.25) is 0 Å². The molecule has 2 aromatic rings. The molecule has 0 spiro atoms.